The van der Waals surface area contributed by atoms with Gasteiger partial charge in [0, 0.05) is 32.1 Å². The van der Waals surface area contributed by atoms with Crippen LogP contribution < -0.4 is 5.32 Å². The van der Waals surface area contributed by atoms with Crippen molar-refractivity contribution in [3.63, 3.8) is 0 Å². The highest BCUT2D eigenvalue weighted by Crippen LogP contribution is 2.16. The molecular formula is C18H32N4S. The molecule has 0 aromatic carbocycles. The highest BCUT2D eigenvalue weighted by Gasteiger charge is 2.19. The minimum absolute atomic E-state index is 0.783. The van der Waals surface area contributed by atoms with Gasteiger partial charge >= 0.3 is 0 Å². The first-order valence-electron chi connectivity index (χ1n) is 8.89. The SMILES string of the molecule is CCCN1CCC(CNC(=NC)N(C)CCc2cccs2)CC1. The molecule has 0 radical (unpaired) electrons. The van der Waals surface area contributed by atoms with Crippen molar-refractivity contribution < 1.29 is 0 Å². The molecule has 5 heteroatoms. The smallest absolute Gasteiger partial charge is 0.193 e. The molecule has 0 spiro atoms. The molecule has 0 aliphatic carbocycles. The van der Waals surface area contributed by atoms with Crippen molar-refractivity contribution in [3.8, 4) is 0 Å². The molecule has 130 valence electrons. The molecule has 1 aliphatic heterocycles. The lowest BCUT2D eigenvalue weighted by Crippen LogP contribution is -2.44. The van der Waals surface area contributed by atoms with E-state index in [-0.39, 0.29) is 0 Å². The number of aliphatic imine (C=N–C) groups is 1. The lowest BCUT2D eigenvalue weighted by atomic mass is 9.97. The fraction of sp³-hybridized carbons (Fsp3) is 0.722. The summed E-state index contributed by atoms with van der Waals surface area (Å²) in [4.78, 5) is 10.7. The Kier molecular flexibility index (Phi) is 7.89. The second-order valence-corrected chi connectivity index (χ2v) is 7.50. The Bertz CT molecular complexity index is 450. The maximum Gasteiger partial charge on any atom is 0.193 e. The quantitative estimate of drug-likeness (QED) is 0.613. The van der Waals surface area contributed by atoms with Crippen LogP contribution in [0.5, 0.6) is 0 Å². The highest BCUT2D eigenvalue weighted by molar-refractivity contribution is 7.09. The van der Waals surface area contributed by atoms with Gasteiger partial charge in [-0.05, 0) is 62.7 Å². The Morgan fingerprint density at radius 3 is 2.83 bits per heavy atom. The van der Waals surface area contributed by atoms with Gasteiger partial charge in [-0.25, -0.2) is 0 Å². The number of thiophene rings is 1. The fourth-order valence-electron chi connectivity index (χ4n) is 3.19. The van der Waals surface area contributed by atoms with Gasteiger partial charge < -0.3 is 15.1 Å². The largest absolute Gasteiger partial charge is 0.356 e. The third-order valence-electron chi connectivity index (χ3n) is 4.64. The van der Waals surface area contributed by atoms with Crippen molar-refractivity contribution >= 4 is 17.3 Å². The summed E-state index contributed by atoms with van der Waals surface area (Å²) in [5.74, 6) is 1.81. The van der Waals surface area contributed by atoms with Crippen LogP contribution in [0.25, 0.3) is 0 Å². The Labute approximate surface area is 145 Å². The Hall–Kier alpha value is -1.07. The minimum Gasteiger partial charge on any atom is -0.356 e. The first kappa shape index (κ1) is 18.3. The molecule has 1 saturated heterocycles. The van der Waals surface area contributed by atoms with Gasteiger partial charge in [0.1, 0.15) is 0 Å². The summed E-state index contributed by atoms with van der Waals surface area (Å²) in [5, 5.41) is 5.72. The summed E-state index contributed by atoms with van der Waals surface area (Å²) in [6.45, 7) is 8.10. The predicted octanol–water partition coefficient (Wildman–Crippen LogP) is 2.92. The molecular weight excluding hydrogens is 304 g/mol. The molecule has 4 nitrogen and oxygen atoms in total. The number of guanidine groups is 1. The molecule has 1 aliphatic rings. The Balaban J connectivity index is 1.68. The van der Waals surface area contributed by atoms with Crippen LogP contribution in [0.4, 0.5) is 0 Å². The summed E-state index contributed by atoms with van der Waals surface area (Å²) in [6, 6.07) is 4.33. The van der Waals surface area contributed by atoms with Crippen molar-refractivity contribution in [2.24, 2.45) is 10.9 Å². The molecule has 2 rings (SSSR count). The van der Waals surface area contributed by atoms with Crippen LogP contribution in [-0.4, -0.2) is 62.6 Å². The van der Waals surface area contributed by atoms with Gasteiger partial charge in [0.15, 0.2) is 5.96 Å². The summed E-state index contributed by atoms with van der Waals surface area (Å²) >= 11 is 1.83. The van der Waals surface area contributed by atoms with Gasteiger partial charge in [0.25, 0.3) is 0 Å². The van der Waals surface area contributed by atoms with Gasteiger partial charge in [-0.15, -0.1) is 11.3 Å². The molecule has 1 N–H and O–H groups in total. The van der Waals surface area contributed by atoms with E-state index in [9.17, 15) is 0 Å². The normalized spacial score (nSPS) is 17.4. The number of rotatable bonds is 7. The van der Waals surface area contributed by atoms with E-state index in [0.717, 1.165) is 31.4 Å². The Morgan fingerprint density at radius 2 is 2.22 bits per heavy atom. The minimum atomic E-state index is 0.783. The number of likely N-dealkylation sites (N-methyl/N-ethyl adjacent to an activating group) is 1. The zero-order valence-corrected chi connectivity index (χ0v) is 15.7. The van der Waals surface area contributed by atoms with Crippen LogP contribution in [0.2, 0.25) is 0 Å². The topological polar surface area (TPSA) is 30.9 Å². The third kappa shape index (κ3) is 6.15. The number of hydrogen-bond donors (Lipinski definition) is 1. The van der Waals surface area contributed by atoms with E-state index in [1.165, 1.54) is 43.8 Å². The van der Waals surface area contributed by atoms with Crippen LogP contribution in [0.3, 0.4) is 0 Å². The summed E-state index contributed by atoms with van der Waals surface area (Å²) in [6.07, 6.45) is 4.97. The van der Waals surface area contributed by atoms with Crippen molar-refractivity contribution in [1.29, 1.82) is 0 Å². The maximum absolute atomic E-state index is 4.44. The summed E-state index contributed by atoms with van der Waals surface area (Å²) in [7, 11) is 4.01. The average Bonchev–Trinajstić information content (AvgIpc) is 3.09. The number of likely N-dealkylation sites (tertiary alicyclic amines) is 1. The molecule has 1 aromatic heterocycles. The molecule has 0 saturated carbocycles. The number of piperidine rings is 1. The molecule has 2 heterocycles. The molecule has 0 amide bonds. The lowest BCUT2D eigenvalue weighted by Gasteiger charge is -2.32. The Morgan fingerprint density at radius 1 is 1.43 bits per heavy atom. The van der Waals surface area contributed by atoms with E-state index >= 15 is 0 Å². The van der Waals surface area contributed by atoms with Crippen LogP contribution in [-0.2, 0) is 6.42 Å². The van der Waals surface area contributed by atoms with E-state index in [2.05, 4.69) is 51.6 Å². The monoisotopic (exact) mass is 336 g/mol. The van der Waals surface area contributed by atoms with Crippen LogP contribution in [0.1, 0.15) is 31.1 Å². The maximum atomic E-state index is 4.44. The molecule has 0 atom stereocenters. The third-order valence-corrected chi connectivity index (χ3v) is 5.58. The number of nitrogens with one attached hydrogen (secondary N) is 1. The van der Waals surface area contributed by atoms with Crippen molar-refractivity contribution in [2.75, 3.05) is 46.8 Å². The fourth-order valence-corrected chi connectivity index (χ4v) is 3.89. The highest BCUT2D eigenvalue weighted by atomic mass is 32.1. The zero-order chi connectivity index (χ0) is 16.5. The van der Waals surface area contributed by atoms with Crippen molar-refractivity contribution in [2.45, 2.75) is 32.6 Å². The molecule has 1 fully saturated rings. The van der Waals surface area contributed by atoms with Crippen LogP contribution in [0, 0.1) is 5.92 Å². The summed E-state index contributed by atoms with van der Waals surface area (Å²) < 4.78 is 0. The van der Waals surface area contributed by atoms with E-state index in [4.69, 9.17) is 0 Å². The first-order chi connectivity index (χ1) is 11.2. The molecule has 0 bridgehead atoms. The van der Waals surface area contributed by atoms with Crippen LogP contribution >= 0.6 is 11.3 Å². The second kappa shape index (κ2) is 9.93. The van der Waals surface area contributed by atoms with Gasteiger partial charge in [0.05, 0.1) is 0 Å². The lowest BCUT2D eigenvalue weighted by molar-refractivity contribution is 0.185. The predicted molar refractivity (Wildman–Crippen MR) is 101 cm³/mol. The van der Waals surface area contributed by atoms with Gasteiger partial charge in [-0.2, -0.15) is 0 Å². The van der Waals surface area contributed by atoms with Crippen molar-refractivity contribution in [1.82, 2.24) is 15.1 Å². The number of hydrogen-bond acceptors (Lipinski definition) is 3. The van der Waals surface area contributed by atoms with Gasteiger partial charge in [-0.3, -0.25) is 4.99 Å². The second-order valence-electron chi connectivity index (χ2n) is 6.46. The molecule has 23 heavy (non-hydrogen) atoms. The van der Waals surface area contributed by atoms with E-state index in [1.807, 2.05) is 18.4 Å². The number of nitrogens with zero attached hydrogens (tertiary/aromatic N) is 3. The van der Waals surface area contributed by atoms with Gasteiger partial charge in [-0.1, -0.05) is 13.0 Å². The molecule has 0 unspecified atom stereocenters. The average molecular weight is 337 g/mol. The van der Waals surface area contributed by atoms with E-state index in [1.54, 1.807) is 0 Å². The van der Waals surface area contributed by atoms with E-state index in [0.29, 0.717) is 0 Å². The zero-order valence-electron chi connectivity index (χ0n) is 14.9. The van der Waals surface area contributed by atoms with Crippen molar-refractivity contribution in [3.05, 3.63) is 22.4 Å². The van der Waals surface area contributed by atoms with Gasteiger partial charge in [0.2, 0.25) is 0 Å². The van der Waals surface area contributed by atoms with E-state index < -0.39 is 0 Å². The standard InChI is InChI=1S/C18H32N4S/c1-4-10-22-12-7-16(8-13-22)15-20-18(19-2)21(3)11-9-17-6-5-14-23-17/h5-6,14,16H,4,7-13,15H2,1-3H3,(H,19,20). The summed E-state index contributed by atoms with van der Waals surface area (Å²) in [5.41, 5.74) is 0. The molecule has 1 aromatic rings. The first-order valence-corrected chi connectivity index (χ1v) is 9.77. The van der Waals surface area contributed by atoms with Crippen LogP contribution in [0.15, 0.2) is 22.5 Å².